The first-order chi connectivity index (χ1) is 11.5. The fourth-order valence-corrected chi connectivity index (χ4v) is 3.26. The maximum atomic E-state index is 12.8. The molecule has 2 heterocycles. The number of esters is 1. The first-order valence-corrected chi connectivity index (χ1v) is 8.49. The summed E-state index contributed by atoms with van der Waals surface area (Å²) in [6, 6.07) is 9.46. The van der Waals surface area contributed by atoms with Gasteiger partial charge in [0.2, 0.25) is 0 Å². The molecule has 124 valence electrons. The summed E-state index contributed by atoms with van der Waals surface area (Å²) in [5.41, 5.74) is 2.33. The van der Waals surface area contributed by atoms with E-state index in [0.29, 0.717) is 10.0 Å². The maximum absolute atomic E-state index is 12.8. The minimum Gasteiger partial charge on any atom is -0.449 e. The van der Waals surface area contributed by atoms with Gasteiger partial charge in [-0.25, -0.2) is 4.79 Å². The number of nitrogens with zero attached hydrogens (tertiary/aromatic N) is 2. The molecule has 3 rings (SSSR count). The normalized spacial score (nSPS) is 17.3. The third-order valence-corrected chi connectivity index (χ3v) is 4.45. The number of aromatic nitrogens is 1. The maximum Gasteiger partial charge on any atom is 0.340 e. The van der Waals surface area contributed by atoms with Gasteiger partial charge in [0.25, 0.3) is 5.91 Å². The van der Waals surface area contributed by atoms with Gasteiger partial charge in [0.05, 0.1) is 5.56 Å². The Morgan fingerprint density at radius 2 is 2.08 bits per heavy atom. The predicted octanol–water partition coefficient (Wildman–Crippen LogP) is 3.37. The molecule has 1 aromatic heterocycles. The highest BCUT2D eigenvalue weighted by atomic mass is 79.9. The predicted molar refractivity (Wildman–Crippen MR) is 93.9 cm³/mol. The Morgan fingerprint density at radius 1 is 1.33 bits per heavy atom. The number of hydrogen-bond acceptors (Lipinski definition) is 4. The number of hydrogen-bond donors (Lipinski definition) is 0. The summed E-state index contributed by atoms with van der Waals surface area (Å²) in [6.45, 7) is 3.59. The van der Waals surface area contributed by atoms with E-state index in [2.05, 4.69) is 20.9 Å². The van der Waals surface area contributed by atoms with E-state index in [9.17, 15) is 9.59 Å². The molecule has 0 unspecified atom stereocenters. The number of carbonyl (C=O) groups excluding carboxylic acids is 2. The van der Waals surface area contributed by atoms with E-state index in [0.717, 1.165) is 17.7 Å². The summed E-state index contributed by atoms with van der Waals surface area (Å²) < 4.78 is 6.02. The molecular weight excluding hydrogens is 372 g/mol. The monoisotopic (exact) mass is 388 g/mol. The van der Waals surface area contributed by atoms with Crippen LogP contribution in [-0.4, -0.2) is 29.0 Å². The summed E-state index contributed by atoms with van der Waals surface area (Å²) >= 11 is 3.26. The molecule has 2 aromatic rings. The molecule has 0 aliphatic carbocycles. The Balaban J connectivity index is 1.75. The quantitative estimate of drug-likeness (QED) is 0.756. The molecule has 0 saturated heterocycles. The van der Waals surface area contributed by atoms with Gasteiger partial charge in [-0.3, -0.25) is 9.78 Å². The highest BCUT2D eigenvalue weighted by Gasteiger charge is 2.34. The minimum atomic E-state index is -0.870. The fourth-order valence-electron chi connectivity index (χ4n) is 2.90. The summed E-state index contributed by atoms with van der Waals surface area (Å²) in [7, 11) is 0. The van der Waals surface area contributed by atoms with Gasteiger partial charge in [-0.05, 0) is 53.9 Å². The zero-order valence-electron chi connectivity index (χ0n) is 13.4. The Bertz CT molecular complexity index is 793. The molecule has 0 radical (unpaired) electrons. The van der Waals surface area contributed by atoms with Crippen molar-refractivity contribution in [2.75, 3.05) is 4.90 Å². The van der Waals surface area contributed by atoms with Gasteiger partial charge in [0.1, 0.15) is 0 Å². The van der Waals surface area contributed by atoms with E-state index in [1.165, 1.54) is 6.20 Å². The van der Waals surface area contributed by atoms with E-state index in [1.807, 2.05) is 31.2 Å². The number of pyridine rings is 1. The summed E-state index contributed by atoms with van der Waals surface area (Å²) in [4.78, 5) is 30.6. The molecule has 5 nitrogen and oxygen atoms in total. The molecule has 0 bridgehead atoms. The van der Waals surface area contributed by atoms with Crippen molar-refractivity contribution in [1.82, 2.24) is 4.98 Å². The highest BCUT2D eigenvalue weighted by molar-refractivity contribution is 9.10. The van der Waals surface area contributed by atoms with Crippen LogP contribution in [0.15, 0.2) is 47.2 Å². The molecule has 1 aliphatic rings. The second-order valence-corrected chi connectivity index (χ2v) is 6.75. The lowest BCUT2D eigenvalue weighted by Crippen LogP contribution is -2.43. The molecule has 0 saturated carbocycles. The van der Waals surface area contributed by atoms with Crippen LogP contribution < -0.4 is 4.90 Å². The van der Waals surface area contributed by atoms with Crippen LogP contribution in [0.4, 0.5) is 5.69 Å². The second-order valence-electron chi connectivity index (χ2n) is 5.83. The van der Waals surface area contributed by atoms with Crippen LogP contribution in [0.25, 0.3) is 0 Å². The Labute approximate surface area is 148 Å². The number of fused-ring (bicyclic) bond motifs is 1. The highest BCUT2D eigenvalue weighted by Crippen LogP contribution is 2.32. The second kappa shape index (κ2) is 6.73. The Kier molecular flexibility index (Phi) is 4.66. The van der Waals surface area contributed by atoms with Crippen molar-refractivity contribution in [3.63, 3.8) is 0 Å². The number of ether oxygens (including phenoxy) is 1. The van der Waals surface area contributed by atoms with Crippen molar-refractivity contribution >= 4 is 33.5 Å². The molecule has 24 heavy (non-hydrogen) atoms. The Hall–Kier alpha value is -2.21. The lowest BCUT2D eigenvalue weighted by molar-refractivity contribution is -0.126. The van der Waals surface area contributed by atoms with Crippen molar-refractivity contribution in [3.8, 4) is 0 Å². The van der Waals surface area contributed by atoms with Crippen LogP contribution in [0.5, 0.6) is 0 Å². The van der Waals surface area contributed by atoms with Crippen molar-refractivity contribution in [2.24, 2.45) is 0 Å². The lowest BCUT2D eigenvalue weighted by Gasteiger charge is -2.25. The molecule has 0 spiro atoms. The fraction of sp³-hybridized carbons (Fsp3) is 0.278. The van der Waals surface area contributed by atoms with E-state index in [1.54, 1.807) is 24.1 Å². The van der Waals surface area contributed by atoms with Crippen molar-refractivity contribution in [2.45, 2.75) is 32.4 Å². The molecule has 0 N–H and O–H groups in total. The summed E-state index contributed by atoms with van der Waals surface area (Å²) in [5.74, 6) is -0.784. The third-order valence-electron chi connectivity index (χ3n) is 4.02. The number of para-hydroxylation sites is 1. The van der Waals surface area contributed by atoms with Crippen LogP contribution in [0, 0.1) is 0 Å². The van der Waals surface area contributed by atoms with E-state index >= 15 is 0 Å². The largest absolute Gasteiger partial charge is 0.449 e. The first-order valence-electron chi connectivity index (χ1n) is 7.70. The zero-order valence-corrected chi connectivity index (χ0v) is 15.0. The average molecular weight is 389 g/mol. The van der Waals surface area contributed by atoms with Gasteiger partial charge >= 0.3 is 5.97 Å². The molecule has 1 amide bonds. The van der Waals surface area contributed by atoms with Crippen molar-refractivity contribution in [3.05, 3.63) is 58.3 Å². The van der Waals surface area contributed by atoms with Crippen LogP contribution >= 0.6 is 15.9 Å². The van der Waals surface area contributed by atoms with Crippen LogP contribution in [0.2, 0.25) is 0 Å². The van der Waals surface area contributed by atoms with Gasteiger partial charge in [-0.15, -0.1) is 0 Å². The van der Waals surface area contributed by atoms with E-state index in [4.69, 9.17) is 4.74 Å². The number of halogens is 1. The van der Waals surface area contributed by atoms with Crippen molar-refractivity contribution < 1.29 is 14.3 Å². The average Bonchev–Trinajstić information content (AvgIpc) is 2.89. The molecule has 2 atom stereocenters. The zero-order chi connectivity index (χ0) is 17.3. The number of benzene rings is 1. The number of amides is 1. The number of anilines is 1. The third kappa shape index (κ3) is 3.19. The topological polar surface area (TPSA) is 59.5 Å². The smallest absolute Gasteiger partial charge is 0.340 e. The first kappa shape index (κ1) is 16.6. The van der Waals surface area contributed by atoms with Gasteiger partial charge in [0.15, 0.2) is 6.10 Å². The number of carbonyl (C=O) groups is 2. The van der Waals surface area contributed by atoms with Gasteiger partial charge in [0, 0.05) is 28.6 Å². The summed E-state index contributed by atoms with van der Waals surface area (Å²) in [5, 5.41) is 0. The van der Waals surface area contributed by atoms with E-state index in [-0.39, 0.29) is 11.9 Å². The molecule has 6 heteroatoms. The molecule has 1 aliphatic heterocycles. The molecule has 0 fully saturated rings. The lowest BCUT2D eigenvalue weighted by atomic mass is 10.1. The van der Waals surface area contributed by atoms with Crippen LogP contribution in [0.1, 0.15) is 29.8 Å². The molecular formula is C18H17BrN2O3. The van der Waals surface area contributed by atoms with Gasteiger partial charge < -0.3 is 9.64 Å². The van der Waals surface area contributed by atoms with Crippen LogP contribution in [0.3, 0.4) is 0 Å². The van der Waals surface area contributed by atoms with Crippen molar-refractivity contribution in [1.29, 1.82) is 0 Å². The number of rotatable bonds is 3. The minimum absolute atomic E-state index is 0.0450. The van der Waals surface area contributed by atoms with Gasteiger partial charge in [-0.1, -0.05) is 18.2 Å². The molecule has 1 aromatic carbocycles. The Morgan fingerprint density at radius 3 is 2.83 bits per heavy atom. The van der Waals surface area contributed by atoms with Gasteiger partial charge in [-0.2, -0.15) is 0 Å². The standard InChI is InChI=1S/C18H17BrN2O3/c1-11-7-13-5-3-4-6-16(13)21(11)17(22)12(2)24-18(23)14-8-15(19)10-20-9-14/h3-6,8-12H,7H2,1-2H3/t11-,12+/m0/s1. The summed E-state index contributed by atoms with van der Waals surface area (Å²) in [6.07, 6.45) is 2.93. The SMILES string of the molecule is C[C@@H](OC(=O)c1cncc(Br)c1)C(=O)N1c2ccccc2C[C@@H]1C. The van der Waals surface area contributed by atoms with E-state index < -0.39 is 12.1 Å². The van der Waals surface area contributed by atoms with Crippen LogP contribution in [-0.2, 0) is 16.0 Å².